The second-order valence-corrected chi connectivity index (χ2v) is 29.9. The second kappa shape index (κ2) is 46.6. The first-order valence-corrected chi connectivity index (χ1v) is 39.3. The molecule has 0 bridgehead atoms. The van der Waals surface area contributed by atoms with Gasteiger partial charge in [-0.2, -0.15) is 0 Å². The zero-order chi connectivity index (χ0) is 83.5. The Bertz CT molecular complexity index is 4260. The molecular formula is C82H109ClN18O14. The van der Waals surface area contributed by atoms with Crippen molar-refractivity contribution < 1.29 is 67.4 Å². The lowest BCUT2D eigenvalue weighted by atomic mass is 9.99. The minimum absolute atomic E-state index is 0.0248. The van der Waals surface area contributed by atoms with Gasteiger partial charge in [-0.1, -0.05) is 106 Å². The summed E-state index contributed by atoms with van der Waals surface area (Å²) in [5.74, 6) is -9.58. The lowest BCUT2D eigenvalue weighted by molar-refractivity contribution is -0.146. The summed E-state index contributed by atoms with van der Waals surface area (Å²) < 4.78 is 0. The van der Waals surface area contributed by atoms with Crippen LogP contribution in [0.15, 0.2) is 134 Å². The Hall–Kier alpha value is -11.5. The van der Waals surface area contributed by atoms with Crippen LogP contribution in [0.5, 0.6) is 0 Å². The van der Waals surface area contributed by atoms with E-state index in [1.54, 1.807) is 48.5 Å². The molecule has 618 valence electrons. The molecule has 0 aliphatic carbocycles. The largest absolute Gasteiger partial charge is 0.394 e. The summed E-state index contributed by atoms with van der Waals surface area (Å²) in [5.41, 5.74) is 13.2. The Kier molecular flexibility index (Phi) is 36.8. The van der Waals surface area contributed by atoms with Gasteiger partial charge >= 0.3 is 0 Å². The molecule has 0 spiro atoms. The number of fused-ring (bicyclic) bond motifs is 1. The number of primary amides is 1. The molecule has 33 heteroatoms. The van der Waals surface area contributed by atoms with E-state index in [1.165, 1.54) is 61.9 Å². The van der Waals surface area contributed by atoms with Crippen molar-refractivity contribution in [2.45, 2.75) is 191 Å². The summed E-state index contributed by atoms with van der Waals surface area (Å²) in [4.78, 5) is 199. The molecule has 1 aliphatic rings. The van der Waals surface area contributed by atoms with E-state index in [-0.39, 0.29) is 126 Å². The first-order chi connectivity index (χ1) is 55.0. The number of nitrogens with zero attached hydrogens (tertiary/aromatic N) is 5. The lowest BCUT2D eigenvalue weighted by Gasteiger charge is -2.32. The monoisotopic (exact) mass is 1600 g/mol. The Morgan fingerprint density at radius 2 is 1.07 bits per heavy atom. The third-order valence-corrected chi connectivity index (χ3v) is 19.4. The molecule has 0 saturated carbocycles. The van der Waals surface area contributed by atoms with Crippen LogP contribution in [0.4, 0.5) is 5.82 Å². The Labute approximate surface area is 674 Å². The molecule has 16 N–H and O–H groups in total. The number of aliphatic hydroxyl groups is 1. The third-order valence-electron chi connectivity index (χ3n) is 19.2. The van der Waals surface area contributed by atoms with E-state index < -0.39 is 138 Å². The maximum atomic E-state index is 15.2. The van der Waals surface area contributed by atoms with Crippen molar-refractivity contribution in [3.63, 3.8) is 0 Å². The van der Waals surface area contributed by atoms with Crippen molar-refractivity contribution in [3.8, 4) is 0 Å². The van der Waals surface area contributed by atoms with E-state index in [0.29, 0.717) is 53.9 Å². The first-order valence-electron chi connectivity index (χ1n) is 38.9. The van der Waals surface area contributed by atoms with Crippen molar-refractivity contribution in [3.05, 3.63) is 167 Å². The van der Waals surface area contributed by atoms with E-state index >= 15 is 9.59 Å². The van der Waals surface area contributed by atoms with Crippen LogP contribution in [0.3, 0.4) is 0 Å². The number of halogens is 1. The highest BCUT2D eigenvalue weighted by Crippen LogP contribution is 2.24. The minimum atomic E-state index is -1.84. The Morgan fingerprint density at radius 1 is 0.539 bits per heavy atom. The molecular weight excluding hydrogens is 1500 g/mol. The van der Waals surface area contributed by atoms with Crippen LogP contribution >= 0.6 is 11.6 Å². The fraction of sp³-hybridized carbons (Fsp3) is 0.463. The number of nitrogens with one attached hydrogen (secondary N) is 11. The number of nitrogens with two attached hydrogens (primary N) is 2. The number of likely N-dealkylation sites (tertiary alicyclic amines) is 1. The number of pyridine rings is 3. The number of likely N-dealkylation sites (N-methyl/N-ethyl adjacent to an activating group) is 1. The van der Waals surface area contributed by atoms with Gasteiger partial charge < -0.3 is 84.9 Å². The number of carbonyl (C=O) groups excluding carboxylic acids is 13. The molecule has 3 aromatic carbocycles. The number of aliphatic hydroxyl groups excluding tert-OH is 1. The number of hydrogen-bond donors (Lipinski definition) is 14. The topological polar surface area (TPSA) is 472 Å². The standard InChI is InChI=1S/C82H109ClN18O14/c1-50(2)41-64(76(109)95-63(25-12-13-36-87-51(3)4)81(114)101-40-18-26-69(101)82(115)100(6)48-71(85)104)96-75(108)62(24-10-15-38-89-72(105)58-31-34-70(84)91-47-58)93-74(107)61(23-11-16-39-90-73(106)60-22-9-14-37-88-60)94-80(113)68(49-102)99-79(112)67(45-55-19-17-35-86-46-55)98-78(111)66(43-53-28-32-59(83)33-29-53)97-77(110)65(92-52(5)103)44-54-27-30-56-20-7-8-21-57(56)42-54/h7-9,14,17,19-22,27-35,37,42,46-47,50-51,61-69,87,102H,10-13,15-16,18,23-26,36,38-41,43-45,48-49H2,1-6H3,(H2,84,91)(H2,85,104)(H,89,105)(H,90,106)(H,92,103)(H,93,107)(H,94,113)(H,95,109)(H,96,108)(H,97,110)(H,98,111)(H,99,112)/t61-,62+,63-,64-,65+,66+,67+,68-,69-/m0/s1. The van der Waals surface area contributed by atoms with Crippen LogP contribution in [0.25, 0.3) is 10.8 Å². The van der Waals surface area contributed by atoms with Gasteiger partial charge in [0.15, 0.2) is 0 Å². The highest BCUT2D eigenvalue weighted by atomic mass is 35.5. The summed E-state index contributed by atoms with van der Waals surface area (Å²) >= 11 is 6.27. The minimum Gasteiger partial charge on any atom is -0.394 e. The third kappa shape index (κ3) is 30.4. The number of hydrogen-bond acceptors (Lipinski definition) is 19. The zero-order valence-electron chi connectivity index (χ0n) is 65.9. The molecule has 9 atom stereocenters. The summed E-state index contributed by atoms with van der Waals surface area (Å²) in [6.45, 7) is 8.35. The summed E-state index contributed by atoms with van der Waals surface area (Å²) in [6.07, 6.45) is 7.75. The molecule has 7 rings (SSSR count). The van der Waals surface area contributed by atoms with Crippen molar-refractivity contribution in [1.29, 1.82) is 0 Å². The summed E-state index contributed by atoms with van der Waals surface area (Å²) in [5, 5.41) is 44.1. The van der Waals surface area contributed by atoms with Gasteiger partial charge in [0.2, 0.25) is 65.0 Å². The first kappa shape index (κ1) is 90.7. The van der Waals surface area contributed by atoms with Crippen LogP contribution in [0, 0.1) is 5.92 Å². The summed E-state index contributed by atoms with van der Waals surface area (Å²) in [7, 11) is 1.41. The molecule has 1 saturated heterocycles. The molecule has 0 radical (unpaired) electrons. The predicted molar refractivity (Wildman–Crippen MR) is 432 cm³/mol. The normalized spacial score (nSPS) is 14.6. The molecule has 3 aromatic heterocycles. The van der Waals surface area contributed by atoms with Gasteiger partial charge in [-0.15, -0.1) is 0 Å². The molecule has 1 aliphatic heterocycles. The summed E-state index contributed by atoms with van der Waals surface area (Å²) in [6, 6.07) is 18.3. The van der Waals surface area contributed by atoms with E-state index in [0.717, 1.165) is 15.7 Å². The fourth-order valence-corrected chi connectivity index (χ4v) is 13.3. The van der Waals surface area contributed by atoms with Gasteiger partial charge in [-0.3, -0.25) is 72.3 Å². The molecule has 6 aromatic rings. The highest BCUT2D eigenvalue weighted by Gasteiger charge is 2.41. The van der Waals surface area contributed by atoms with Crippen LogP contribution in [-0.4, -0.2) is 213 Å². The Morgan fingerprint density at radius 3 is 1.64 bits per heavy atom. The molecule has 0 unspecified atom stereocenters. The fourth-order valence-electron chi connectivity index (χ4n) is 13.2. The van der Waals surface area contributed by atoms with Gasteiger partial charge in [-0.25, -0.2) is 4.98 Å². The molecule has 4 heterocycles. The molecule has 13 amide bonds. The van der Waals surface area contributed by atoms with E-state index in [4.69, 9.17) is 23.1 Å². The number of aromatic nitrogens is 3. The maximum Gasteiger partial charge on any atom is 0.269 e. The lowest BCUT2D eigenvalue weighted by Crippen LogP contribution is -2.61. The number of unbranched alkanes of at least 4 members (excludes halogenated alkanes) is 3. The smallest absolute Gasteiger partial charge is 0.269 e. The van der Waals surface area contributed by atoms with E-state index in [2.05, 4.69) is 73.4 Å². The van der Waals surface area contributed by atoms with Gasteiger partial charge in [0.25, 0.3) is 11.8 Å². The number of nitrogen functional groups attached to an aromatic ring is 1. The second-order valence-electron chi connectivity index (χ2n) is 29.4. The number of amides is 13. The van der Waals surface area contributed by atoms with Gasteiger partial charge in [-0.05, 0) is 159 Å². The zero-order valence-corrected chi connectivity index (χ0v) is 66.7. The molecule has 115 heavy (non-hydrogen) atoms. The van der Waals surface area contributed by atoms with Gasteiger partial charge in [0.1, 0.15) is 65.9 Å². The van der Waals surface area contributed by atoms with E-state index in [1.807, 2.05) is 70.2 Å². The highest BCUT2D eigenvalue weighted by molar-refractivity contribution is 6.30. The van der Waals surface area contributed by atoms with Crippen molar-refractivity contribution in [2.24, 2.45) is 11.7 Å². The number of rotatable bonds is 46. The average molecular weight is 1610 g/mol. The van der Waals surface area contributed by atoms with Crippen LogP contribution < -0.4 is 70.0 Å². The van der Waals surface area contributed by atoms with Crippen molar-refractivity contribution in [2.75, 3.05) is 52.1 Å². The van der Waals surface area contributed by atoms with Crippen LogP contribution in [0.1, 0.15) is 149 Å². The van der Waals surface area contributed by atoms with Crippen LogP contribution in [0.2, 0.25) is 5.02 Å². The van der Waals surface area contributed by atoms with Gasteiger partial charge in [0.05, 0.1) is 18.7 Å². The predicted octanol–water partition coefficient (Wildman–Crippen LogP) is 2.53. The number of carbonyl (C=O) groups is 13. The molecule has 32 nitrogen and oxygen atoms in total. The average Bonchev–Trinajstić information content (AvgIpc) is 0.864. The van der Waals surface area contributed by atoms with E-state index in [9.17, 15) is 57.8 Å². The van der Waals surface area contributed by atoms with Crippen molar-refractivity contribution >= 4 is 105 Å². The maximum absolute atomic E-state index is 15.2. The molecule has 1 fully saturated rings. The van der Waals surface area contributed by atoms with Crippen LogP contribution in [-0.2, 0) is 72.0 Å². The SMILES string of the molecule is CC(=O)N[C@H](Cc1ccc2ccccc2c1)C(=O)N[C@H](Cc1ccc(Cl)cc1)C(=O)N[C@H](Cc1cccnc1)C(=O)N[C@@H](CO)C(=O)N[C@@H](CCCCNC(=O)c1ccccn1)C(=O)N[C@H](CCCCNC(=O)c1ccc(N)nc1)C(=O)N[C@@H](CC(C)C)C(=O)N[C@@H](CCCCNC(C)C)C(=O)N1CCC[C@H]1C(=O)N(C)CC(N)=O. The van der Waals surface area contributed by atoms with Crippen molar-refractivity contribution in [1.82, 2.24) is 83.2 Å². The Balaban J connectivity index is 1.16. The number of anilines is 1. The number of benzene rings is 3. The quantitative estimate of drug-likeness (QED) is 0.0244. The van der Waals surface area contributed by atoms with Gasteiger partial charge in [0, 0.05) is 88.7 Å².